The molecule has 3 aromatic carbocycles. The number of carbonyl (C=O) groups excluding carboxylic acids is 2. The molecule has 5 aromatic rings. The summed E-state index contributed by atoms with van der Waals surface area (Å²) < 4.78 is 7.37. The quantitative estimate of drug-likeness (QED) is 0.310. The molecule has 0 saturated carbocycles. The van der Waals surface area contributed by atoms with Crippen molar-refractivity contribution in [3.05, 3.63) is 124 Å². The van der Waals surface area contributed by atoms with Crippen molar-refractivity contribution in [2.24, 2.45) is 13.0 Å². The van der Waals surface area contributed by atoms with E-state index in [0.29, 0.717) is 11.7 Å². The summed E-state index contributed by atoms with van der Waals surface area (Å²) in [5.41, 5.74) is 3.00. The fourth-order valence-electron chi connectivity index (χ4n) is 5.65. The SMILES string of the molecule is Cn1nnc2c(C(=O)NC(=O)Oc3ccc(CC4CCN(C(c5ccccc5)c5ccccc5)CC4)cc3)ncn2c1=O. The minimum Gasteiger partial charge on any atom is -0.410 e. The Balaban J connectivity index is 1.02. The lowest BCUT2D eigenvalue weighted by atomic mass is 9.87. The van der Waals surface area contributed by atoms with Gasteiger partial charge >= 0.3 is 11.8 Å². The Bertz CT molecular complexity index is 1740. The van der Waals surface area contributed by atoms with Crippen LogP contribution in [0.5, 0.6) is 5.75 Å². The fraction of sp³-hybridized carbons (Fsp3) is 0.250. The second kappa shape index (κ2) is 12.4. The maximum Gasteiger partial charge on any atom is 0.419 e. The molecular weight excluding hydrogens is 546 g/mol. The first kappa shape index (κ1) is 28.0. The molecule has 43 heavy (non-hydrogen) atoms. The Kier molecular flexibility index (Phi) is 8.05. The molecule has 11 nitrogen and oxygen atoms in total. The van der Waals surface area contributed by atoms with Crippen LogP contribution >= 0.6 is 0 Å². The Morgan fingerprint density at radius 1 is 0.930 bits per heavy atom. The number of nitrogens with one attached hydrogen (secondary N) is 1. The Labute approximate surface area is 247 Å². The molecular formula is C32H31N7O4. The van der Waals surface area contributed by atoms with Gasteiger partial charge in [-0.25, -0.2) is 19.0 Å². The van der Waals surface area contributed by atoms with E-state index in [1.54, 1.807) is 12.1 Å². The molecule has 1 N–H and O–H groups in total. The van der Waals surface area contributed by atoms with Crippen molar-refractivity contribution in [1.82, 2.24) is 34.6 Å². The number of imide groups is 1. The molecule has 0 spiro atoms. The number of ether oxygens (including phenoxy) is 1. The van der Waals surface area contributed by atoms with Gasteiger partial charge < -0.3 is 4.74 Å². The molecule has 1 aliphatic heterocycles. The predicted molar refractivity (Wildman–Crippen MR) is 159 cm³/mol. The van der Waals surface area contributed by atoms with E-state index >= 15 is 0 Å². The van der Waals surface area contributed by atoms with Gasteiger partial charge in [0.05, 0.1) is 6.04 Å². The lowest BCUT2D eigenvalue weighted by Crippen LogP contribution is -2.37. The van der Waals surface area contributed by atoms with Crippen LogP contribution in [0.3, 0.4) is 0 Å². The van der Waals surface area contributed by atoms with Crippen molar-refractivity contribution in [3.8, 4) is 5.75 Å². The number of benzene rings is 3. The van der Waals surface area contributed by atoms with Crippen molar-refractivity contribution in [3.63, 3.8) is 0 Å². The van der Waals surface area contributed by atoms with Crippen LogP contribution in [0.1, 0.15) is 46.1 Å². The maximum absolute atomic E-state index is 12.6. The molecule has 1 saturated heterocycles. The van der Waals surface area contributed by atoms with E-state index in [-0.39, 0.29) is 17.4 Å². The molecule has 0 unspecified atom stereocenters. The first-order chi connectivity index (χ1) is 21.0. The minimum absolute atomic E-state index is 0.0563. The van der Waals surface area contributed by atoms with Gasteiger partial charge in [0.1, 0.15) is 12.1 Å². The number of piperidine rings is 1. The second-order valence-electron chi connectivity index (χ2n) is 10.7. The highest BCUT2D eigenvalue weighted by atomic mass is 16.6. The average molecular weight is 578 g/mol. The zero-order valence-corrected chi connectivity index (χ0v) is 23.7. The van der Waals surface area contributed by atoms with Crippen molar-refractivity contribution >= 4 is 17.6 Å². The van der Waals surface area contributed by atoms with Crippen LogP contribution in [0, 0.1) is 5.92 Å². The molecule has 11 heteroatoms. The lowest BCUT2D eigenvalue weighted by Gasteiger charge is -2.38. The zero-order valence-electron chi connectivity index (χ0n) is 23.7. The molecule has 0 bridgehead atoms. The van der Waals surface area contributed by atoms with Crippen LogP contribution in [0.4, 0.5) is 4.79 Å². The van der Waals surface area contributed by atoms with Gasteiger partial charge in [0.25, 0.3) is 5.91 Å². The fourth-order valence-corrected chi connectivity index (χ4v) is 5.65. The van der Waals surface area contributed by atoms with E-state index in [1.165, 1.54) is 18.2 Å². The van der Waals surface area contributed by atoms with E-state index < -0.39 is 17.7 Å². The van der Waals surface area contributed by atoms with Crippen LogP contribution in [-0.2, 0) is 13.5 Å². The van der Waals surface area contributed by atoms with Gasteiger partial charge in [-0.15, -0.1) is 5.10 Å². The van der Waals surface area contributed by atoms with Crippen LogP contribution in [0.25, 0.3) is 5.65 Å². The molecule has 2 aromatic heterocycles. The molecule has 1 fully saturated rings. The van der Waals surface area contributed by atoms with Gasteiger partial charge in [-0.05, 0) is 67.1 Å². The van der Waals surface area contributed by atoms with Crippen LogP contribution in [0.15, 0.2) is 96.1 Å². The summed E-state index contributed by atoms with van der Waals surface area (Å²) in [6, 6.07) is 28.9. The molecule has 6 rings (SSSR count). The number of rotatable bonds is 7. The number of hydrogen-bond acceptors (Lipinski definition) is 8. The molecule has 1 aliphatic rings. The second-order valence-corrected chi connectivity index (χ2v) is 10.7. The number of nitrogens with zero attached hydrogens (tertiary/aromatic N) is 6. The van der Waals surface area contributed by atoms with Crippen molar-refractivity contribution in [1.29, 1.82) is 0 Å². The number of aromatic nitrogens is 5. The van der Waals surface area contributed by atoms with Crippen molar-refractivity contribution in [2.45, 2.75) is 25.3 Å². The minimum atomic E-state index is -0.963. The summed E-state index contributed by atoms with van der Waals surface area (Å²) in [5.74, 6) is 0.0152. The van der Waals surface area contributed by atoms with E-state index in [2.05, 4.69) is 86.2 Å². The third-order valence-electron chi connectivity index (χ3n) is 7.83. The smallest absolute Gasteiger partial charge is 0.410 e. The van der Waals surface area contributed by atoms with E-state index in [4.69, 9.17) is 4.74 Å². The number of amides is 2. The van der Waals surface area contributed by atoms with E-state index in [1.807, 2.05) is 12.1 Å². The average Bonchev–Trinajstić information content (AvgIpc) is 3.47. The van der Waals surface area contributed by atoms with E-state index in [0.717, 1.165) is 53.3 Å². The predicted octanol–water partition coefficient (Wildman–Crippen LogP) is 3.80. The van der Waals surface area contributed by atoms with Gasteiger partial charge in [-0.2, -0.15) is 4.68 Å². The highest BCUT2D eigenvalue weighted by Gasteiger charge is 2.27. The number of aryl methyl sites for hydroxylation is 1. The van der Waals surface area contributed by atoms with Crippen molar-refractivity contribution in [2.75, 3.05) is 13.1 Å². The van der Waals surface area contributed by atoms with Gasteiger partial charge in [-0.3, -0.25) is 15.0 Å². The number of hydrogen-bond donors (Lipinski definition) is 1. The molecule has 0 radical (unpaired) electrons. The van der Waals surface area contributed by atoms with Crippen molar-refractivity contribution < 1.29 is 14.3 Å². The molecule has 218 valence electrons. The normalized spacial score (nSPS) is 14.2. The third-order valence-corrected chi connectivity index (χ3v) is 7.83. The molecule has 3 heterocycles. The summed E-state index contributed by atoms with van der Waals surface area (Å²) in [6.45, 7) is 2.03. The number of likely N-dealkylation sites (tertiary alicyclic amines) is 1. The van der Waals surface area contributed by atoms with Gasteiger partial charge in [0.15, 0.2) is 11.3 Å². The number of carbonyl (C=O) groups is 2. The Morgan fingerprint density at radius 2 is 1.56 bits per heavy atom. The standard InChI is InChI=1S/C32H31N7O4/c1-37-32(42)39-21-33-27(29(39)35-36-37)30(40)34-31(41)43-26-14-12-22(13-15-26)20-23-16-18-38(19-17-23)28(24-8-4-2-5-9-24)25-10-6-3-7-11-25/h2-15,21,23,28H,16-20H2,1H3,(H,34,40,41). The van der Waals surface area contributed by atoms with Gasteiger partial charge in [0.2, 0.25) is 0 Å². The largest absolute Gasteiger partial charge is 0.419 e. The highest BCUT2D eigenvalue weighted by molar-refractivity contribution is 6.05. The monoisotopic (exact) mass is 577 g/mol. The summed E-state index contributed by atoms with van der Waals surface area (Å²) in [6.07, 6.45) is 3.32. The van der Waals surface area contributed by atoms with Crippen LogP contribution in [-0.4, -0.2) is 54.4 Å². The molecule has 0 aliphatic carbocycles. The number of fused-ring (bicyclic) bond motifs is 1. The van der Waals surface area contributed by atoms with E-state index in [9.17, 15) is 14.4 Å². The molecule has 2 amide bonds. The first-order valence-electron chi connectivity index (χ1n) is 14.2. The summed E-state index contributed by atoms with van der Waals surface area (Å²) in [5, 5.41) is 9.58. The van der Waals surface area contributed by atoms with Gasteiger partial charge in [-0.1, -0.05) is 78.0 Å². The molecule has 0 atom stereocenters. The lowest BCUT2D eigenvalue weighted by molar-refractivity contribution is 0.0947. The summed E-state index contributed by atoms with van der Waals surface area (Å²) in [7, 11) is 1.42. The van der Waals surface area contributed by atoms with Crippen LogP contribution in [0.2, 0.25) is 0 Å². The van der Waals surface area contributed by atoms with Crippen LogP contribution < -0.4 is 15.7 Å². The zero-order chi connectivity index (χ0) is 29.8. The number of imidazole rings is 1. The third kappa shape index (κ3) is 6.21. The maximum atomic E-state index is 12.6. The highest BCUT2D eigenvalue weighted by Crippen LogP contribution is 2.33. The Morgan fingerprint density at radius 3 is 2.19 bits per heavy atom. The van der Waals surface area contributed by atoms with Gasteiger partial charge in [0, 0.05) is 7.05 Å². The Hall–Kier alpha value is -5.16. The first-order valence-corrected chi connectivity index (χ1v) is 14.2. The summed E-state index contributed by atoms with van der Waals surface area (Å²) >= 11 is 0. The topological polar surface area (TPSA) is 124 Å². The summed E-state index contributed by atoms with van der Waals surface area (Å²) in [4.78, 5) is 43.5.